The average molecular weight is 399 g/mol. The average Bonchev–Trinajstić information content (AvgIpc) is 2.65. The van der Waals surface area contributed by atoms with E-state index in [0.29, 0.717) is 41.4 Å². The van der Waals surface area contributed by atoms with E-state index in [2.05, 4.69) is 19.2 Å². The van der Waals surface area contributed by atoms with Crippen LogP contribution in [0.15, 0.2) is 40.7 Å². The van der Waals surface area contributed by atoms with E-state index < -0.39 is 11.9 Å². The maximum atomic E-state index is 13.2. The molecule has 2 aliphatic rings. The van der Waals surface area contributed by atoms with Gasteiger partial charge in [0.2, 0.25) is 0 Å². The van der Waals surface area contributed by atoms with E-state index in [9.17, 15) is 9.59 Å². The molecule has 0 fully saturated rings. The van der Waals surface area contributed by atoms with Gasteiger partial charge in [0.1, 0.15) is 0 Å². The molecule has 1 unspecified atom stereocenters. The minimum atomic E-state index is -0.508. The number of allylic oxidation sites excluding steroid dienone is 3. The van der Waals surface area contributed by atoms with Crippen molar-refractivity contribution >= 4 is 11.8 Å². The van der Waals surface area contributed by atoms with Crippen molar-refractivity contribution in [3.8, 4) is 11.5 Å². The molecule has 0 spiro atoms. The summed E-state index contributed by atoms with van der Waals surface area (Å²) in [6.45, 7) is 8.43. The number of hydrogen-bond donors (Lipinski definition) is 1. The molecule has 156 valence electrons. The molecule has 1 heterocycles. The standard InChI is InChI=1S/C23H29NO5/c1-7-29-17-9-8-14(10-18(17)27-5)20-19(22(26)28-6)13(2)24-15-11-23(3,4)12-16(25)21(15)20/h8-10,20,24H,7,11-12H2,1-6H3. The fraction of sp³-hybridized carbons (Fsp3) is 0.478. The topological polar surface area (TPSA) is 73.9 Å². The van der Waals surface area contributed by atoms with Crippen LogP contribution in [-0.2, 0) is 14.3 Å². The Bertz CT molecular complexity index is 910. The first-order valence-electron chi connectivity index (χ1n) is 9.85. The minimum absolute atomic E-state index is 0.0514. The number of carbonyl (C=O) groups excluding carboxylic acids is 2. The smallest absolute Gasteiger partial charge is 0.336 e. The summed E-state index contributed by atoms with van der Waals surface area (Å²) in [5.74, 6) is 0.285. The van der Waals surface area contributed by atoms with Gasteiger partial charge in [-0.1, -0.05) is 19.9 Å². The first-order valence-corrected chi connectivity index (χ1v) is 9.85. The van der Waals surface area contributed by atoms with Gasteiger partial charge in [-0.05, 0) is 43.4 Å². The molecule has 1 atom stereocenters. The van der Waals surface area contributed by atoms with Gasteiger partial charge in [-0.2, -0.15) is 0 Å². The second-order valence-corrected chi connectivity index (χ2v) is 8.26. The number of ketones is 1. The largest absolute Gasteiger partial charge is 0.493 e. The fourth-order valence-electron chi connectivity index (χ4n) is 4.29. The van der Waals surface area contributed by atoms with Crippen LogP contribution < -0.4 is 14.8 Å². The Morgan fingerprint density at radius 1 is 1.21 bits per heavy atom. The van der Waals surface area contributed by atoms with Crippen molar-refractivity contribution in [3.63, 3.8) is 0 Å². The van der Waals surface area contributed by atoms with E-state index in [1.54, 1.807) is 7.11 Å². The van der Waals surface area contributed by atoms with Crippen LogP contribution in [0.4, 0.5) is 0 Å². The molecular formula is C23H29NO5. The van der Waals surface area contributed by atoms with Crippen molar-refractivity contribution in [1.29, 1.82) is 0 Å². The van der Waals surface area contributed by atoms with E-state index in [-0.39, 0.29) is 11.2 Å². The molecule has 0 aromatic heterocycles. The van der Waals surface area contributed by atoms with Gasteiger partial charge < -0.3 is 19.5 Å². The number of ether oxygens (including phenoxy) is 3. The van der Waals surface area contributed by atoms with Crippen LogP contribution >= 0.6 is 0 Å². The van der Waals surface area contributed by atoms with Gasteiger partial charge in [0.25, 0.3) is 0 Å². The third-order valence-electron chi connectivity index (χ3n) is 5.47. The molecule has 1 aromatic rings. The van der Waals surface area contributed by atoms with Crippen molar-refractivity contribution in [2.24, 2.45) is 5.41 Å². The number of hydrogen-bond acceptors (Lipinski definition) is 6. The van der Waals surface area contributed by atoms with Gasteiger partial charge in [0.15, 0.2) is 17.3 Å². The number of carbonyl (C=O) groups is 2. The summed E-state index contributed by atoms with van der Waals surface area (Å²) < 4.78 is 16.2. The summed E-state index contributed by atoms with van der Waals surface area (Å²) >= 11 is 0. The Morgan fingerprint density at radius 2 is 1.93 bits per heavy atom. The number of Topliss-reactive ketones (excluding diaryl/α,β-unsaturated/α-hetero) is 1. The highest BCUT2D eigenvalue weighted by atomic mass is 16.5. The third kappa shape index (κ3) is 3.88. The molecule has 0 saturated heterocycles. The maximum Gasteiger partial charge on any atom is 0.336 e. The predicted molar refractivity (Wildman–Crippen MR) is 110 cm³/mol. The lowest BCUT2D eigenvalue weighted by Crippen LogP contribution is -2.38. The maximum absolute atomic E-state index is 13.2. The molecule has 1 N–H and O–H groups in total. The van der Waals surface area contributed by atoms with Crippen LogP contribution in [0.1, 0.15) is 52.0 Å². The van der Waals surface area contributed by atoms with Crippen LogP contribution in [0.5, 0.6) is 11.5 Å². The Kier molecular flexibility index (Phi) is 5.73. The summed E-state index contributed by atoms with van der Waals surface area (Å²) in [6.07, 6.45) is 1.18. The highest BCUT2D eigenvalue weighted by molar-refractivity contribution is 6.04. The number of rotatable bonds is 5. The van der Waals surface area contributed by atoms with Crippen molar-refractivity contribution in [2.75, 3.05) is 20.8 Å². The SMILES string of the molecule is CCOc1ccc(C2C(C(=O)OC)=C(C)NC3=C2C(=O)CC(C)(C)C3)cc1OC. The second-order valence-electron chi connectivity index (χ2n) is 8.26. The van der Waals surface area contributed by atoms with E-state index >= 15 is 0 Å². The van der Waals surface area contributed by atoms with Crippen LogP contribution in [0.25, 0.3) is 0 Å². The Balaban J connectivity index is 2.19. The lowest BCUT2D eigenvalue weighted by molar-refractivity contribution is -0.136. The molecule has 1 aliphatic heterocycles. The van der Waals surface area contributed by atoms with Gasteiger partial charge >= 0.3 is 5.97 Å². The molecule has 0 bridgehead atoms. The minimum Gasteiger partial charge on any atom is -0.493 e. The van der Waals surface area contributed by atoms with E-state index in [1.165, 1.54) is 7.11 Å². The van der Waals surface area contributed by atoms with Crippen LogP contribution in [-0.4, -0.2) is 32.6 Å². The number of dihydropyridines is 1. The molecule has 0 saturated carbocycles. The number of esters is 1. The summed E-state index contributed by atoms with van der Waals surface area (Å²) in [4.78, 5) is 25.9. The normalized spacial score (nSPS) is 20.8. The number of nitrogens with one attached hydrogen (secondary N) is 1. The van der Waals surface area contributed by atoms with E-state index in [4.69, 9.17) is 14.2 Å². The van der Waals surface area contributed by atoms with Crippen molar-refractivity contribution < 1.29 is 23.8 Å². The first kappa shape index (κ1) is 21.0. The Hall–Kier alpha value is -2.76. The highest BCUT2D eigenvalue weighted by Crippen LogP contribution is 2.47. The summed E-state index contributed by atoms with van der Waals surface area (Å²) in [5, 5.41) is 3.31. The molecule has 1 aliphatic carbocycles. The molecular weight excluding hydrogens is 370 g/mol. The summed E-state index contributed by atoms with van der Waals surface area (Å²) in [6, 6.07) is 5.55. The molecule has 3 rings (SSSR count). The fourth-order valence-corrected chi connectivity index (χ4v) is 4.29. The summed E-state index contributed by atoms with van der Waals surface area (Å²) in [7, 11) is 2.93. The molecule has 6 nitrogen and oxygen atoms in total. The predicted octanol–water partition coefficient (Wildman–Crippen LogP) is 3.87. The second kappa shape index (κ2) is 7.93. The molecule has 0 amide bonds. The van der Waals surface area contributed by atoms with Gasteiger partial charge in [-0.15, -0.1) is 0 Å². The number of benzene rings is 1. The van der Waals surface area contributed by atoms with Gasteiger partial charge in [-0.25, -0.2) is 4.79 Å². The molecule has 29 heavy (non-hydrogen) atoms. The Labute approximate surface area is 171 Å². The zero-order valence-corrected chi connectivity index (χ0v) is 18.0. The van der Waals surface area contributed by atoms with Crippen LogP contribution in [0.3, 0.4) is 0 Å². The zero-order chi connectivity index (χ0) is 21.3. The first-order chi connectivity index (χ1) is 13.7. The van der Waals surface area contributed by atoms with Crippen LogP contribution in [0, 0.1) is 5.41 Å². The quantitative estimate of drug-likeness (QED) is 0.758. The van der Waals surface area contributed by atoms with Crippen molar-refractivity contribution in [1.82, 2.24) is 5.32 Å². The molecule has 6 heteroatoms. The lowest BCUT2D eigenvalue weighted by atomic mass is 9.68. The van der Waals surface area contributed by atoms with E-state index in [1.807, 2.05) is 32.0 Å². The molecule has 0 radical (unpaired) electrons. The number of methoxy groups -OCH3 is 2. The van der Waals surface area contributed by atoms with Crippen molar-refractivity contribution in [3.05, 3.63) is 46.3 Å². The zero-order valence-electron chi connectivity index (χ0n) is 18.0. The lowest BCUT2D eigenvalue weighted by Gasteiger charge is -2.39. The van der Waals surface area contributed by atoms with Gasteiger partial charge in [0.05, 0.1) is 26.4 Å². The van der Waals surface area contributed by atoms with E-state index in [0.717, 1.165) is 17.7 Å². The van der Waals surface area contributed by atoms with Gasteiger partial charge in [0, 0.05) is 29.3 Å². The molecule has 1 aromatic carbocycles. The van der Waals surface area contributed by atoms with Crippen LogP contribution in [0.2, 0.25) is 0 Å². The van der Waals surface area contributed by atoms with Gasteiger partial charge in [-0.3, -0.25) is 4.79 Å². The summed E-state index contributed by atoms with van der Waals surface area (Å²) in [5.41, 5.74) is 3.35. The van der Waals surface area contributed by atoms with Crippen molar-refractivity contribution in [2.45, 2.75) is 46.5 Å². The third-order valence-corrected chi connectivity index (χ3v) is 5.47. The highest BCUT2D eigenvalue weighted by Gasteiger charge is 2.43. The monoisotopic (exact) mass is 399 g/mol. The Morgan fingerprint density at radius 3 is 2.55 bits per heavy atom.